The molecule has 1 aromatic rings. The fourth-order valence-electron chi connectivity index (χ4n) is 1.09. The summed E-state index contributed by atoms with van der Waals surface area (Å²) in [6.07, 6.45) is 0. The van der Waals surface area contributed by atoms with Crippen molar-refractivity contribution in [1.82, 2.24) is 4.31 Å². The summed E-state index contributed by atoms with van der Waals surface area (Å²) in [4.78, 5) is 0.998. The fourth-order valence-corrected chi connectivity index (χ4v) is 3.95. The van der Waals surface area contributed by atoms with Crippen molar-refractivity contribution in [3.63, 3.8) is 0 Å². The molecule has 0 atom stereocenters. The van der Waals surface area contributed by atoms with Crippen LogP contribution in [0.15, 0.2) is 15.9 Å². The molecular weight excluding hydrogens is 322 g/mol. The molecule has 86 valence electrons. The second-order valence-electron chi connectivity index (χ2n) is 2.85. The molecule has 0 spiro atoms. The van der Waals surface area contributed by atoms with Crippen LogP contribution in [0.4, 0.5) is 0 Å². The first-order valence-electron chi connectivity index (χ1n) is 4.27. The van der Waals surface area contributed by atoms with Crippen LogP contribution in [0.3, 0.4) is 0 Å². The third kappa shape index (κ3) is 3.71. The molecule has 7 heteroatoms. The zero-order valence-electron chi connectivity index (χ0n) is 8.11. The van der Waals surface area contributed by atoms with E-state index in [1.807, 2.05) is 12.1 Å². The molecule has 0 aromatic carbocycles. The monoisotopic (exact) mass is 331 g/mol. The molecule has 0 amide bonds. The molecule has 3 nitrogen and oxygen atoms in total. The van der Waals surface area contributed by atoms with Crippen molar-refractivity contribution in [3.05, 3.63) is 20.8 Å². The smallest absolute Gasteiger partial charge is 0.211 e. The lowest BCUT2D eigenvalue weighted by Gasteiger charge is -2.17. The summed E-state index contributed by atoms with van der Waals surface area (Å²) in [7, 11) is -3.31. The maximum absolute atomic E-state index is 11.5. The number of hydrogen-bond acceptors (Lipinski definition) is 3. The van der Waals surface area contributed by atoms with E-state index in [1.54, 1.807) is 6.92 Å². The highest BCUT2D eigenvalue weighted by Crippen LogP contribution is 2.24. The average Bonchev–Trinajstić information content (AvgIpc) is 2.60. The van der Waals surface area contributed by atoms with Gasteiger partial charge in [-0.25, -0.2) is 8.42 Å². The maximum atomic E-state index is 11.5. The Balaban J connectivity index is 2.79. The van der Waals surface area contributed by atoms with Crippen LogP contribution in [-0.2, 0) is 16.6 Å². The van der Waals surface area contributed by atoms with Crippen LogP contribution in [0.25, 0.3) is 0 Å². The van der Waals surface area contributed by atoms with Gasteiger partial charge in [0.15, 0.2) is 0 Å². The molecule has 0 fully saturated rings. The van der Waals surface area contributed by atoms with E-state index >= 15 is 0 Å². The molecule has 1 heterocycles. The Morgan fingerprint density at radius 1 is 1.53 bits per heavy atom. The first-order valence-corrected chi connectivity index (χ1v) is 8.03. The Kier molecular flexibility index (Phi) is 5.05. The lowest BCUT2D eigenvalue weighted by Crippen LogP contribution is -2.30. The van der Waals surface area contributed by atoms with Gasteiger partial charge in [0.25, 0.3) is 0 Å². The van der Waals surface area contributed by atoms with Crippen LogP contribution in [-0.4, -0.2) is 24.5 Å². The van der Waals surface area contributed by atoms with Gasteiger partial charge in [0, 0.05) is 18.0 Å². The maximum Gasteiger partial charge on any atom is 0.228 e. The van der Waals surface area contributed by atoms with Crippen LogP contribution < -0.4 is 0 Å². The van der Waals surface area contributed by atoms with E-state index in [1.165, 1.54) is 15.6 Å². The lowest BCUT2D eigenvalue weighted by atomic mass is 10.4. The van der Waals surface area contributed by atoms with Gasteiger partial charge in [-0.1, -0.05) is 6.92 Å². The fraction of sp³-hybridized carbons (Fsp3) is 0.500. The number of rotatable bonds is 5. The summed E-state index contributed by atoms with van der Waals surface area (Å²) in [5, 5.41) is -0.368. The normalized spacial score (nSPS) is 12.3. The van der Waals surface area contributed by atoms with E-state index in [-0.39, 0.29) is 5.21 Å². The van der Waals surface area contributed by atoms with Gasteiger partial charge in [-0.15, -0.1) is 22.9 Å². The number of nitrogens with zero attached hydrogens (tertiary/aromatic N) is 1. The predicted octanol–water partition coefficient (Wildman–Crippen LogP) is 2.86. The van der Waals surface area contributed by atoms with Gasteiger partial charge in [0.1, 0.15) is 5.21 Å². The average molecular weight is 333 g/mol. The number of thiophene rings is 1. The molecular formula is C8H11BrClNO2S2. The molecule has 0 aliphatic carbocycles. The number of sulfonamides is 1. The predicted molar refractivity (Wildman–Crippen MR) is 67.7 cm³/mol. The molecule has 0 aliphatic heterocycles. The van der Waals surface area contributed by atoms with E-state index in [0.717, 1.165) is 8.66 Å². The minimum atomic E-state index is -3.31. The van der Waals surface area contributed by atoms with Gasteiger partial charge in [-0.05, 0) is 28.1 Å². The molecule has 1 aromatic heterocycles. The first kappa shape index (κ1) is 13.4. The first-order chi connectivity index (χ1) is 6.99. The summed E-state index contributed by atoms with van der Waals surface area (Å²) in [5.41, 5.74) is 0. The van der Waals surface area contributed by atoms with Crippen molar-refractivity contribution < 1.29 is 8.42 Å². The van der Waals surface area contributed by atoms with Crippen molar-refractivity contribution in [2.24, 2.45) is 0 Å². The second kappa shape index (κ2) is 5.63. The van der Waals surface area contributed by atoms with Crippen molar-refractivity contribution in [1.29, 1.82) is 0 Å². The topological polar surface area (TPSA) is 37.4 Å². The van der Waals surface area contributed by atoms with Crippen LogP contribution in [0.1, 0.15) is 11.8 Å². The lowest BCUT2D eigenvalue weighted by molar-refractivity contribution is 0.430. The summed E-state index contributed by atoms with van der Waals surface area (Å²) < 4.78 is 25.4. The minimum Gasteiger partial charge on any atom is -0.211 e. The quantitative estimate of drug-likeness (QED) is 0.778. The molecule has 1 rings (SSSR count). The highest BCUT2D eigenvalue weighted by Gasteiger charge is 2.19. The third-order valence-electron chi connectivity index (χ3n) is 1.85. The third-order valence-corrected chi connectivity index (χ3v) is 5.73. The molecule has 0 saturated carbocycles. The van der Waals surface area contributed by atoms with Crippen molar-refractivity contribution in [3.8, 4) is 0 Å². The Morgan fingerprint density at radius 2 is 2.20 bits per heavy atom. The van der Waals surface area contributed by atoms with Crippen molar-refractivity contribution in [2.45, 2.75) is 13.5 Å². The van der Waals surface area contributed by atoms with Gasteiger partial charge >= 0.3 is 0 Å². The van der Waals surface area contributed by atoms with Gasteiger partial charge in [-0.2, -0.15) is 4.31 Å². The largest absolute Gasteiger partial charge is 0.228 e. The van der Waals surface area contributed by atoms with Crippen LogP contribution >= 0.6 is 38.9 Å². The molecule has 0 radical (unpaired) electrons. The van der Waals surface area contributed by atoms with E-state index in [4.69, 9.17) is 11.6 Å². The second-order valence-corrected chi connectivity index (χ2v) is 7.95. The Morgan fingerprint density at radius 3 is 2.60 bits per heavy atom. The van der Waals surface area contributed by atoms with Crippen LogP contribution in [0.5, 0.6) is 0 Å². The Hall–Kier alpha value is 0.380. The van der Waals surface area contributed by atoms with Crippen molar-refractivity contribution >= 4 is 48.9 Å². The van der Waals surface area contributed by atoms with Crippen molar-refractivity contribution in [2.75, 3.05) is 11.8 Å². The van der Waals surface area contributed by atoms with E-state index in [9.17, 15) is 8.42 Å². The summed E-state index contributed by atoms with van der Waals surface area (Å²) in [6.45, 7) is 2.62. The molecule has 15 heavy (non-hydrogen) atoms. The SMILES string of the molecule is CCN(Cc1ccc(Br)s1)S(=O)(=O)CCl. The van der Waals surface area contributed by atoms with Gasteiger partial charge < -0.3 is 0 Å². The minimum absolute atomic E-state index is 0.368. The van der Waals surface area contributed by atoms with Crippen LogP contribution in [0.2, 0.25) is 0 Å². The Bertz CT molecular complexity index is 418. The zero-order valence-corrected chi connectivity index (χ0v) is 12.1. The molecule has 0 unspecified atom stereocenters. The summed E-state index contributed by atoms with van der Waals surface area (Å²) in [5.74, 6) is 0. The molecule has 0 N–H and O–H groups in total. The molecule has 0 aliphatic rings. The van der Waals surface area contributed by atoms with Gasteiger partial charge in [0.2, 0.25) is 10.0 Å². The zero-order chi connectivity index (χ0) is 11.5. The highest BCUT2D eigenvalue weighted by atomic mass is 79.9. The Labute approximate surface area is 107 Å². The van der Waals surface area contributed by atoms with E-state index < -0.39 is 10.0 Å². The van der Waals surface area contributed by atoms with E-state index in [2.05, 4.69) is 15.9 Å². The van der Waals surface area contributed by atoms with Crippen LogP contribution in [0, 0.1) is 0 Å². The summed E-state index contributed by atoms with van der Waals surface area (Å²) >= 11 is 10.3. The standard InChI is InChI=1S/C8H11BrClNO2S2/c1-2-11(15(12,13)6-10)5-7-3-4-8(9)14-7/h3-4H,2,5-6H2,1H3. The molecule has 0 saturated heterocycles. The number of halogens is 2. The van der Waals surface area contributed by atoms with Gasteiger partial charge in [0.05, 0.1) is 3.79 Å². The number of alkyl halides is 1. The molecule has 0 bridgehead atoms. The van der Waals surface area contributed by atoms with E-state index in [0.29, 0.717) is 13.1 Å². The van der Waals surface area contributed by atoms with Gasteiger partial charge in [-0.3, -0.25) is 0 Å². The number of hydrogen-bond donors (Lipinski definition) is 0. The summed E-state index contributed by atoms with van der Waals surface area (Å²) in [6, 6.07) is 3.81. The highest BCUT2D eigenvalue weighted by molar-refractivity contribution is 9.11.